The Morgan fingerprint density at radius 2 is 1.71 bits per heavy atom. The molecule has 3 rings (SSSR count). The fourth-order valence-electron chi connectivity index (χ4n) is 2.85. The minimum Gasteiger partial charge on any atom is -0.356 e. The molecular formula is C17H22N4. The van der Waals surface area contributed by atoms with Crippen molar-refractivity contribution in [3.8, 4) is 0 Å². The molecule has 0 bridgehead atoms. The molecule has 0 unspecified atom stereocenters. The van der Waals surface area contributed by atoms with Crippen LogP contribution in [0.2, 0.25) is 0 Å². The van der Waals surface area contributed by atoms with Crippen LogP contribution in [-0.2, 0) is 0 Å². The molecule has 1 aromatic heterocycles. The quantitative estimate of drug-likeness (QED) is 0.929. The van der Waals surface area contributed by atoms with E-state index in [4.69, 9.17) is 0 Å². The second-order valence-corrected chi connectivity index (χ2v) is 5.70. The molecule has 0 radical (unpaired) electrons. The minimum absolute atomic E-state index is 0.864. The van der Waals surface area contributed by atoms with Crippen molar-refractivity contribution in [3.05, 3.63) is 41.7 Å². The summed E-state index contributed by atoms with van der Waals surface area (Å²) >= 11 is 0. The number of piperidine rings is 1. The average molecular weight is 282 g/mol. The van der Waals surface area contributed by atoms with Gasteiger partial charge in [-0.15, -0.1) is 0 Å². The number of anilines is 3. The van der Waals surface area contributed by atoms with Crippen molar-refractivity contribution in [2.24, 2.45) is 0 Å². The van der Waals surface area contributed by atoms with Gasteiger partial charge in [0.2, 0.25) is 0 Å². The molecule has 0 saturated carbocycles. The Balaban J connectivity index is 1.83. The second-order valence-electron chi connectivity index (χ2n) is 5.70. The van der Waals surface area contributed by atoms with Crippen LogP contribution in [-0.4, -0.2) is 23.1 Å². The molecule has 1 aliphatic heterocycles. The summed E-state index contributed by atoms with van der Waals surface area (Å²) in [5.74, 6) is 1.89. The molecule has 0 aliphatic carbocycles. The van der Waals surface area contributed by atoms with Crippen LogP contribution in [0.3, 0.4) is 0 Å². The number of nitrogens with zero attached hydrogens (tertiary/aromatic N) is 3. The van der Waals surface area contributed by atoms with E-state index in [1.165, 1.54) is 30.4 Å². The molecule has 4 heteroatoms. The van der Waals surface area contributed by atoms with Gasteiger partial charge in [0.05, 0.1) is 0 Å². The van der Waals surface area contributed by atoms with E-state index in [0.717, 1.165) is 30.4 Å². The van der Waals surface area contributed by atoms with Gasteiger partial charge < -0.3 is 10.2 Å². The predicted molar refractivity (Wildman–Crippen MR) is 87.3 cm³/mol. The first-order valence-corrected chi connectivity index (χ1v) is 7.64. The maximum absolute atomic E-state index is 4.42. The Morgan fingerprint density at radius 1 is 1.00 bits per heavy atom. The van der Waals surface area contributed by atoms with Crippen LogP contribution in [0.1, 0.15) is 30.4 Å². The summed E-state index contributed by atoms with van der Waals surface area (Å²) in [6, 6.07) is 8.36. The van der Waals surface area contributed by atoms with Crippen molar-refractivity contribution in [1.29, 1.82) is 0 Å². The number of para-hydroxylation sites is 1. The van der Waals surface area contributed by atoms with Crippen molar-refractivity contribution >= 4 is 17.3 Å². The number of aryl methyl sites for hydroxylation is 2. The van der Waals surface area contributed by atoms with Crippen molar-refractivity contribution < 1.29 is 0 Å². The van der Waals surface area contributed by atoms with E-state index in [2.05, 4.69) is 58.3 Å². The highest BCUT2D eigenvalue weighted by Gasteiger charge is 2.13. The van der Waals surface area contributed by atoms with E-state index in [0.29, 0.717) is 0 Å². The monoisotopic (exact) mass is 282 g/mol. The van der Waals surface area contributed by atoms with Crippen molar-refractivity contribution in [3.63, 3.8) is 0 Å². The highest BCUT2D eigenvalue weighted by molar-refractivity contribution is 5.65. The summed E-state index contributed by atoms with van der Waals surface area (Å²) in [4.78, 5) is 11.1. The summed E-state index contributed by atoms with van der Waals surface area (Å²) in [6.07, 6.45) is 5.49. The lowest BCUT2D eigenvalue weighted by molar-refractivity contribution is 0.573. The summed E-state index contributed by atoms with van der Waals surface area (Å²) in [7, 11) is 0. The van der Waals surface area contributed by atoms with Gasteiger partial charge in [-0.2, -0.15) is 0 Å². The Bertz CT molecular complexity index is 598. The zero-order valence-electron chi connectivity index (χ0n) is 12.8. The van der Waals surface area contributed by atoms with E-state index >= 15 is 0 Å². The van der Waals surface area contributed by atoms with E-state index < -0.39 is 0 Å². The summed E-state index contributed by atoms with van der Waals surface area (Å²) < 4.78 is 0. The number of benzene rings is 1. The topological polar surface area (TPSA) is 41.0 Å². The second kappa shape index (κ2) is 6.12. The molecule has 1 aromatic carbocycles. The van der Waals surface area contributed by atoms with Gasteiger partial charge in [-0.1, -0.05) is 18.2 Å². The lowest BCUT2D eigenvalue weighted by Crippen LogP contribution is -2.30. The highest BCUT2D eigenvalue weighted by Crippen LogP contribution is 2.25. The van der Waals surface area contributed by atoms with Crippen LogP contribution < -0.4 is 10.2 Å². The largest absolute Gasteiger partial charge is 0.356 e. The molecule has 2 aromatic rings. The van der Waals surface area contributed by atoms with E-state index in [1.54, 1.807) is 6.33 Å². The standard InChI is InChI=1S/C17H22N4/c1-13-7-6-8-14(2)17(13)20-15-11-16(19-12-18-15)21-9-4-3-5-10-21/h6-8,11-12H,3-5,9-10H2,1-2H3,(H,18,19,20). The van der Waals surface area contributed by atoms with Gasteiger partial charge in [0.1, 0.15) is 18.0 Å². The molecule has 0 amide bonds. The maximum atomic E-state index is 4.42. The first kappa shape index (κ1) is 13.9. The summed E-state index contributed by atoms with van der Waals surface area (Å²) in [5, 5.41) is 3.44. The number of nitrogens with one attached hydrogen (secondary N) is 1. The van der Waals surface area contributed by atoms with Gasteiger partial charge in [-0.3, -0.25) is 0 Å². The first-order valence-electron chi connectivity index (χ1n) is 7.64. The Labute approximate surface area is 126 Å². The molecule has 21 heavy (non-hydrogen) atoms. The van der Waals surface area contributed by atoms with Crippen LogP contribution in [0.4, 0.5) is 17.3 Å². The third-order valence-corrected chi connectivity index (χ3v) is 4.07. The average Bonchev–Trinajstić information content (AvgIpc) is 2.52. The maximum Gasteiger partial charge on any atom is 0.135 e. The van der Waals surface area contributed by atoms with Gasteiger partial charge in [0, 0.05) is 24.8 Å². The molecule has 2 heterocycles. The van der Waals surface area contributed by atoms with Gasteiger partial charge in [0.25, 0.3) is 0 Å². The molecule has 1 saturated heterocycles. The molecule has 4 nitrogen and oxygen atoms in total. The number of rotatable bonds is 3. The van der Waals surface area contributed by atoms with Gasteiger partial charge in [0.15, 0.2) is 0 Å². The number of aromatic nitrogens is 2. The minimum atomic E-state index is 0.864. The fraction of sp³-hybridized carbons (Fsp3) is 0.412. The van der Waals surface area contributed by atoms with Crippen molar-refractivity contribution in [2.75, 3.05) is 23.3 Å². The van der Waals surface area contributed by atoms with Crippen LogP contribution in [0, 0.1) is 13.8 Å². The molecule has 110 valence electrons. The molecule has 0 atom stereocenters. The van der Waals surface area contributed by atoms with Crippen LogP contribution in [0.15, 0.2) is 30.6 Å². The third kappa shape index (κ3) is 3.15. The van der Waals surface area contributed by atoms with E-state index in [1.807, 2.05) is 0 Å². The lowest BCUT2D eigenvalue weighted by Gasteiger charge is -2.27. The van der Waals surface area contributed by atoms with Gasteiger partial charge in [-0.05, 0) is 44.2 Å². The molecule has 1 fully saturated rings. The van der Waals surface area contributed by atoms with Crippen molar-refractivity contribution in [1.82, 2.24) is 9.97 Å². The highest BCUT2D eigenvalue weighted by atomic mass is 15.2. The molecule has 0 spiro atoms. The SMILES string of the molecule is Cc1cccc(C)c1Nc1cc(N2CCCCC2)ncn1. The number of hydrogen-bond acceptors (Lipinski definition) is 4. The van der Waals surface area contributed by atoms with Crippen molar-refractivity contribution in [2.45, 2.75) is 33.1 Å². The summed E-state index contributed by atoms with van der Waals surface area (Å²) in [5.41, 5.74) is 3.60. The Hall–Kier alpha value is -2.10. The smallest absolute Gasteiger partial charge is 0.135 e. The Kier molecular flexibility index (Phi) is 4.04. The number of hydrogen-bond donors (Lipinski definition) is 1. The normalized spacial score (nSPS) is 15.0. The molecule has 1 aliphatic rings. The van der Waals surface area contributed by atoms with E-state index in [9.17, 15) is 0 Å². The van der Waals surface area contributed by atoms with Gasteiger partial charge in [-0.25, -0.2) is 9.97 Å². The molecule has 1 N–H and O–H groups in total. The third-order valence-electron chi connectivity index (χ3n) is 4.07. The van der Waals surface area contributed by atoms with Gasteiger partial charge >= 0.3 is 0 Å². The van der Waals surface area contributed by atoms with Crippen LogP contribution >= 0.6 is 0 Å². The zero-order chi connectivity index (χ0) is 14.7. The fourth-order valence-corrected chi connectivity index (χ4v) is 2.85. The Morgan fingerprint density at radius 3 is 2.43 bits per heavy atom. The predicted octanol–water partition coefficient (Wildman–Crippen LogP) is 3.83. The first-order chi connectivity index (χ1) is 10.2. The lowest BCUT2D eigenvalue weighted by atomic mass is 10.1. The van der Waals surface area contributed by atoms with E-state index in [-0.39, 0.29) is 0 Å². The zero-order valence-corrected chi connectivity index (χ0v) is 12.8. The van der Waals surface area contributed by atoms with Crippen LogP contribution in [0.5, 0.6) is 0 Å². The van der Waals surface area contributed by atoms with Crippen LogP contribution in [0.25, 0.3) is 0 Å². The molecular weight excluding hydrogens is 260 g/mol. The summed E-state index contributed by atoms with van der Waals surface area (Å²) in [6.45, 7) is 6.42.